The molecule has 96 valence electrons. The van der Waals surface area contributed by atoms with Crippen LogP contribution in [-0.4, -0.2) is 9.38 Å². The smallest absolute Gasteiger partial charge is 0.139 e. The lowest BCUT2D eigenvalue weighted by Gasteiger charge is -2.03. The summed E-state index contributed by atoms with van der Waals surface area (Å²) in [7, 11) is 0. The van der Waals surface area contributed by atoms with Crippen molar-refractivity contribution in [2.75, 3.05) is 5.73 Å². The molecule has 3 rings (SSSR count). The second kappa shape index (κ2) is 4.24. The number of imidazole rings is 1. The second-order valence-corrected chi connectivity index (χ2v) is 4.78. The van der Waals surface area contributed by atoms with Crippen LogP contribution in [0.3, 0.4) is 0 Å². The molecule has 0 unspecified atom stereocenters. The summed E-state index contributed by atoms with van der Waals surface area (Å²) in [5, 5.41) is 0.298. The average molecular weight is 276 g/mol. The van der Waals surface area contributed by atoms with Gasteiger partial charge >= 0.3 is 0 Å². The Hall–Kier alpha value is -2.07. The fourth-order valence-electron chi connectivity index (χ4n) is 2.07. The first-order valence-corrected chi connectivity index (χ1v) is 6.14. The van der Waals surface area contributed by atoms with Crippen molar-refractivity contribution < 1.29 is 4.39 Å². The minimum absolute atomic E-state index is 0.239. The number of anilines is 1. The van der Waals surface area contributed by atoms with Crippen molar-refractivity contribution in [2.24, 2.45) is 0 Å². The number of nitrogens with two attached hydrogens (primary N) is 1. The monoisotopic (exact) mass is 275 g/mol. The summed E-state index contributed by atoms with van der Waals surface area (Å²) >= 11 is 6.05. The summed E-state index contributed by atoms with van der Waals surface area (Å²) in [6, 6.07) is 8.31. The molecule has 2 N–H and O–H groups in total. The molecular formula is C14H11ClFN3. The van der Waals surface area contributed by atoms with E-state index in [1.165, 1.54) is 6.07 Å². The maximum absolute atomic E-state index is 13.9. The van der Waals surface area contributed by atoms with Gasteiger partial charge in [-0.2, -0.15) is 0 Å². The molecule has 5 heteroatoms. The van der Waals surface area contributed by atoms with Crippen molar-refractivity contribution in [3.8, 4) is 11.3 Å². The summed E-state index contributed by atoms with van der Waals surface area (Å²) in [5.74, 6) is -0.0543. The molecule has 0 radical (unpaired) electrons. The number of halogens is 2. The number of aryl methyl sites for hydroxylation is 1. The first-order chi connectivity index (χ1) is 9.08. The number of rotatable bonds is 1. The van der Waals surface area contributed by atoms with Gasteiger partial charge in [0.15, 0.2) is 0 Å². The Bertz CT molecular complexity index is 759. The lowest BCUT2D eigenvalue weighted by atomic mass is 10.1. The highest BCUT2D eigenvalue weighted by atomic mass is 35.5. The lowest BCUT2D eigenvalue weighted by molar-refractivity contribution is 0.631. The van der Waals surface area contributed by atoms with Gasteiger partial charge in [0.05, 0.1) is 10.6 Å². The van der Waals surface area contributed by atoms with Crippen LogP contribution in [0.25, 0.3) is 16.9 Å². The van der Waals surface area contributed by atoms with E-state index in [-0.39, 0.29) is 5.56 Å². The SMILES string of the molecule is Cc1ccn2c(N)c(-c3c(F)cccc3Cl)nc2c1. The minimum Gasteiger partial charge on any atom is -0.383 e. The van der Waals surface area contributed by atoms with Gasteiger partial charge in [0, 0.05) is 6.20 Å². The number of fused-ring (bicyclic) bond motifs is 1. The molecule has 2 aromatic heterocycles. The van der Waals surface area contributed by atoms with E-state index in [2.05, 4.69) is 4.98 Å². The molecule has 0 atom stereocenters. The molecule has 0 aliphatic heterocycles. The van der Waals surface area contributed by atoms with Gasteiger partial charge in [0.1, 0.15) is 23.0 Å². The molecule has 3 nitrogen and oxygen atoms in total. The number of aromatic nitrogens is 2. The maximum atomic E-state index is 13.9. The molecule has 0 spiro atoms. The first kappa shape index (κ1) is 12.0. The van der Waals surface area contributed by atoms with Gasteiger partial charge in [-0.05, 0) is 36.8 Å². The van der Waals surface area contributed by atoms with Gasteiger partial charge in [-0.3, -0.25) is 4.40 Å². The van der Waals surface area contributed by atoms with E-state index >= 15 is 0 Å². The van der Waals surface area contributed by atoms with Gasteiger partial charge < -0.3 is 5.73 Å². The van der Waals surface area contributed by atoms with E-state index in [1.54, 1.807) is 16.5 Å². The summed E-state index contributed by atoms with van der Waals surface area (Å²) in [6.07, 6.45) is 1.81. The van der Waals surface area contributed by atoms with Gasteiger partial charge in [0.25, 0.3) is 0 Å². The van der Waals surface area contributed by atoms with Crippen molar-refractivity contribution in [1.82, 2.24) is 9.38 Å². The molecule has 0 aliphatic rings. The Balaban J connectivity index is 2.34. The van der Waals surface area contributed by atoms with Crippen LogP contribution in [0.2, 0.25) is 5.02 Å². The van der Waals surface area contributed by atoms with Crippen molar-refractivity contribution in [1.29, 1.82) is 0 Å². The highest BCUT2D eigenvalue weighted by molar-refractivity contribution is 6.33. The third-order valence-corrected chi connectivity index (χ3v) is 3.33. The largest absolute Gasteiger partial charge is 0.383 e. The third-order valence-electron chi connectivity index (χ3n) is 3.02. The molecular weight excluding hydrogens is 265 g/mol. The molecule has 0 saturated heterocycles. The van der Waals surface area contributed by atoms with Crippen LogP contribution >= 0.6 is 11.6 Å². The lowest BCUT2D eigenvalue weighted by Crippen LogP contribution is -1.95. The van der Waals surface area contributed by atoms with Crippen molar-refractivity contribution >= 4 is 23.1 Å². The topological polar surface area (TPSA) is 43.3 Å². The van der Waals surface area contributed by atoms with Crippen molar-refractivity contribution in [3.63, 3.8) is 0 Å². The Labute approximate surface area is 114 Å². The number of pyridine rings is 1. The van der Waals surface area contributed by atoms with E-state index in [1.807, 2.05) is 25.3 Å². The van der Waals surface area contributed by atoms with Crippen molar-refractivity contribution in [3.05, 3.63) is 52.9 Å². The molecule has 0 fully saturated rings. The Morgan fingerprint density at radius 1 is 1.32 bits per heavy atom. The predicted molar refractivity (Wildman–Crippen MR) is 74.7 cm³/mol. The van der Waals surface area contributed by atoms with Crippen LogP contribution in [0.15, 0.2) is 36.5 Å². The van der Waals surface area contributed by atoms with Crippen LogP contribution in [0.1, 0.15) is 5.56 Å². The van der Waals surface area contributed by atoms with Crippen LogP contribution in [0.5, 0.6) is 0 Å². The molecule has 0 saturated carbocycles. The summed E-state index contributed by atoms with van der Waals surface area (Å²) in [4.78, 5) is 4.38. The number of hydrogen-bond acceptors (Lipinski definition) is 2. The van der Waals surface area contributed by atoms with E-state index in [4.69, 9.17) is 17.3 Å². The van der Waals surface area contributed by atoms with E-state index in [0.29, 0.717) is 22.2 Å². The highest BCUT2D eigenvalue weighted by Gasteiger charge is 2.17. The van der Waals surface area contributed by atoms with Gasteiger partial charge in [-0.1, -0.05) is 17.7 Å². The zero-order valence-electron chi connectivity index (χ0n) is 10.2. The van der Waals surface area contributed by atoms with Crippen LogP contribution < -0.4 is 5.73 Å². The number of nitrogens with zero attached hydrogens (tertiary/aromatic N) is 2. The molecule has 2 heterocycles. The van der Waals surface area contributed by atoms with Gasteiger partial charge in [-0.15, -0.1) is 0 Å². The molecule has 0 bridgehead atoms. The maximum Gasteiger partial charge on any atom is 0.139 e. The van der Waals surface area contributed by atoms with Gasteiger partial charge in [0.2, 0.25) is 0 Å². The summed E-state index contributed by atoms with van der Waals surface area (Å²) in [5.41, 5.74) is 8.37. The Morgan fingerprint density at radius 3 is 2.84 bits per heavy atom. The van der Waals surface area contributed by atoms with E-state index in [9.17, 15) is 4.39 Å². The van der Waals surface area contributed by atoms with Gasteiger partial charge in [-0.25, -0.2) is 9.37 Å². The van der Waals surface area contributed by atoms with Crippen LogP contribution in [0, 0.1) is 12.7 Å². The first-order valence-electron chi connectivity index (χ1n) is 5.76. The second-order valence-electron chi connectivity index (χ2n) is 4.37. The molecule has 1 aromatic carbocycles. The fourth-order valence-corrected chi connectivity index (χ4v) is 2.33. The highest BCUT2D eigenvalue weighted by Crippen LogP contribution is 2.34. The quantitative estimate of drug-likeness (QED) is 0.736. The van der Waals surface area contributed by atoms with Crippen LogP contribution in [-0.2, 0) is 0 Å². The molecule has 19 heavy (non-hydrogen) atoms. The summed E-state index contributed by atoms with van der Waals surface area (Å²) < 4.78 is 15.6. The minimum atomic E-state index is -0.431. The van der Waals surface area contributed by atoms with E-state index < -0.39 is 5.82 Å². The Kier molecular flexibility index (Phi) is 2.68. The number of benzene rings is 1. The van der Waals surface area contributed by atoms with E-state index in [0.717, 1.165) is 5.56 Å². The molecule has 0 aliphatic carbocycles. The number of nitrogen functional groups attached to an aromatic ring is 1. The molecule has 3 aromatic rings. The fraction of sp³-hybridized carbons (Fsp3) is 0.0714. The Morgan fingerprint density at radius 2 is 2.11 bits per heavy atom. The molecule has 0 amide bonds. The van der Waals surface area contributed by atoms with Crippen LogP contribution in [0.4, 0.5) is 10.2 Å². The third kappa shape index (κ3) is 1.85. The standard InChI is InChI=1S/C14H11ClFN3/c1-8-5-6-19-11(7-8)18-13(14(19)17)12-9(15)3-2-4-10(12)16/h2-7H,17H2,1H3. The normalized spacial score (nSPS) is 11.1. The zero-order chi connectivity index (χ0) is 13.6. The summed E-state index contributed by atoms with van der Waals surface area (Å²) in [6.45, 7) is 1.96. The zero-order valence-corrected chi connectivity index (χ0v) is 10.9. The van der Waals surface area contributed by atoms with Crippen molar-refractivity contribution in [2.45, 2.75) is 6.92 Å². The predicted octanol–water partition coefficient (Wildman–Crippen LogP) is 3.68. The average Bonchev–Trinajstić information content (AvgIpc) is 2.66. The number of hydrogen-bond donors (Lipinski definition) is 1.